The van der Waals surface area contributed by atoms with Gasteiger partial charge in [-0.15, -0.1) is 0 Å². The van der Waals surface area contributed by atoms with E-state index < -0.39 is 22.2 Å². The summed E-state index contributed by atoms with van der Waals surface area (Å²) in [6, 6.07) is 4.47. The van der Waals surface area contributed by atoms with E-state index in [2.05, 4.69) is 10.3 Å². The number of aromatic nitrogens is 2. The number of aliphatic hydroxyl groups excluding tert-OH is 1. The summed E-state index contributed by atoms with van der Waals surface area (Å²) in [5.74, 6) is -0.0406. The predicted octanol–water partition coefficient (Wildman–Crippen LogP) is 1.42. The fraction of sp³-hybridized carbons (Fsp3) is 0.429. The number of fused-ring (bicyclic) bond motifs is 1. The van der Waals surface area contributed by atoms with Crippen molar-refractivity contribution in [2.75, 3.05) is 11.9 Å². The molecule has 0 aromatic carbocycles. The molecule has 0 saturated carbocycles. The number of rotatable bonds is 6. The summed E-state index contributed by atoms with van der Waals surface area (Å²) in [4.78, 5) is 26.9. The van der Waals surface area contributed by atoms with Crippen LogP contribution in [0.1, 0.15) is 20.3 Å². The maximum Gasteiger partial charge on any atom is 0.376 e. The number of hydrogen-bond acceptors (Lipinski definition) is 6. The molecular formula is C14H18N4O4. The lowest BCUT2D eigenvalue weighted by molar-refractivity contribution is -0.385. The molecule has 118 valence electrons. The average molecular weight is 306 g/mol. The first kappa shape index (κ1) is 15.9. The normalized spacial score (nSPS) is 13.8. The maximum atomic E-state index is 12.3. The van der Waals surface area contributed by atoms with Gasteiger partial charge in [-0.25, -0.2) is 4.98 Å². The van der Waals surface area contributed by atoms with Crippen molar-refractivity contribution >= 4 is 17.2 Å². The van der Waals surface area contributed by atoms with Crippen molar-refractivity contribution in [3.8, 4) is 0 Å². The summed E-state index contributed by atoms with van der Waals surface area (Å²) >= 11 is 0. The molecule has 0 fully saturated rings. The molecule has 2 rings (SSSR count). The van der Waals surface area contributed by atoms with Gasteiger partial charge in [0.05, 0.1) is 17.6 Å². The zero-order chi connectivity index (χ0) is 16.3. The van der Waals surface area contributed by atoms with Crippen molar-refractivity contribution in [3.05, 3.63) is 44.9 Å². The second-order valence-electron chi connectivity index (χ2n) is 5.12. The van der Waals surface area contributed by atoms with Gasteiger partial charge in [0, 0.05) is 6.20 Å². The van der Waals surface area contributed by atoms with Crippen molar-refractivity contribution in [2.24, 2.45) is 5.92 Å². The zero-order valence-corrected chi connectivity index (χ0v) is 12.4. The van der Waals surface area contributed by atoms with Crippen LogP contribution in [-0.4, -0.2) is 32.1 Å². The van der Waals surface area contributed by atoms with Gasteiger partial charge in [0.1, 0.15) is 5.65 Å². The largest absolute Gasteiger partial charge is 0.394 e. The lowest BCUT2D eigenvalue weighted by Crippen LogP contribution is -2.33. The van der Waals surface area contributed by atoms with Gasteiger partial charge < -0.3 is 10.4 Å². The molecule has 0 amide bonds. The van der Waals surface area contributed by atoms with Gasteiger partial charge in [0.15, 0.2) is 0 Å². The third-order valence-corrected chi connectivity index (χ3v) is 3.74. The van der Waals surface area contributed by atoms with Gasteiger partial charge in [-0.2, -0.15) is 0 Å². The highest BCUT2D eigenvalue weighted by Gasteiger charge is 2.26. The Morgan fingerprint density at radius 2 is 2.23 bits per heavy atom. The van der Waals surface area contributed by atoms with Gasteiger partial charge in [-0.3, -0.25) is 19.3 Å². The number of nitro groups is 1. The van der Waals surface area contributed by atoms with E-state index in [9.17, 15) is 20.0 Å². The third kappa shape index (κ3) is 2.91. The van der Waals surface area contributed by atoms with Crippen molar-refractivity contribution in [2.45, 2.75) is 26.3 Å². The van der Waals surface area contributed by atoms with E-state index in [1.807, 2.05) is 13.8 Å². The van der Waals surface area contributed by atoms with Crippen LogP contribution in [0.15, 0.2) is 29.2 Å². The summed E-state index contributed by atoms with van der Waals surface area (Å²) in [7, 11) is 0. The number of nitrogens with one attached hydrogen (secondary N) is 1. The van der Waals surface area contributed by atoms with Crippen LogP contribution in [0.2, 0.25) is 0 Å². The smallest absolute Gasteiger partial charge is 0.376 e. The molecule has 0 aliphatic heterocycles. The summed E-state index contributed by atoms with van der Waals surface area (Å²) in [5.41, 5.74) is -1.06. The Balaban J connectivity index is 2.59. The molecule has 0 unspecified atom stereocenters. The summed E-state index contributed by atoms with van der Waals surface area (Å²) in [5, 5.41) is 23.5. The van der Waals surface area contributed by atoms with Gasteiger partial charge in [-0.1, -0.05) is 26.3 Å². The molecule has 8 nitrogen and oxygen atoms in total. The number of nitrogens with zero attached hydrogens (tertiary/aromatic N) is 3. The molecule has 2 atom stereocenters. The molecule has 0 aliphatic carbocycles. The predicted molar refractivity (Wildman–Crippen MR) is 82.1 cm³/mol. The monoisotopic (exact) mass is 306 g/mol. The van der Waals surface area contributed by atoms with E-state index in [1.54, 1.807) is 18.2 Å². The minimum Gasteiger partial charge on any atom is -0.394 e. The van der Waals surface area contributed by atoms with Gasteiger partial charge in [0.25, 0.3) is 0 Å². The first-order valence-electron chi connectivity index (χ1n) is 7.02. The van der Waals surface area contributed by atoms with Gasteiger partial charge >= 0.3 is 11.2 Å². The van der Waals surface area contributed by atoms with E-state index in [0.29, 0.717) is 5.65 Å². The number of pyridine rings is 1. The Morgan fingerprint density at radius 3 is 2.82 bits per heavy atom. The Hall–Kier alpha value is -2.48. The average Bonchev–Trinajstić information content (AvgIpc) is 2.51. The van der Waals surface area contributed by atoms with Crippen LogP contribution < -0.4 is 10.9 Å². The fourth-order valence-corrected chi connectivity index (χ4v) is 2.17. The van der Waals surface area contributed by atoms with Crippen LogP contribution in [0, 0.1) is 16.0 Å². The first-order valence-corrected chi connectivity index (χ1v) is 7.02. The van der Waals surface area contributed by atoms with Crippen molar-refractivity contribution < 1.29 is 10.0 Å². The third-order valence-electron chi connectivity index (χ3n) is 3.74. The molecule has 0 radical (unpaired) electrons. The topological polar surface area (TPSA) is 110 Å². The molecule has 2 aromatic rings. The first-order chi connectivity index (χ1) is 10.5. The van der Waals surface area contributed by atoms with Crippen LogP contribution in [0.4, 0.5) is 11.5 Å². The van der Waals surface area contributed by atoms with Crippen LogP contribution >= 0.6 is 0 Å². The van der Waals surface area contributed by atoms with E-state index in [-0.39, 0.29) is 18.3 Å². The van der Waals surface area contributed by atoms with Crippen LogP contribution in [0.5, 0.6) is 0 Å². The Kier molecular flexibility index (Phi) is 4.71. The van der Waals surface area contributed by atoms with Crippen LogP contribution in [0.25, 0.3) is 5.65 Å². The van der Waals surface area contributed by atoms with E-state index in [1.165, 1.54) is 6.20 Å². The van der Waals surface area contributed by atoms with Gasteiger partial charge in [-0.05, 0) is 18.1 Å². The summed E-state index contributed by atoms with van der Waals surface area (Å²) in [6.45, 7) is 3.65. The van der Waals surface area contributed by atoms with Crippen molar-refractivity contribution in [3.63, 3.8) is 0 Å². The molecule has 8 heteroatoms. The molecular weight excluding hydrogens is 288 g/mol. The summed E-state index contributed by atoms with van der Waals surface area (Å²) in [6.07, 6.45) is 2.21. The minimum absolute atomic E-state index is 0.0700. The molecule has 22 heavy (non-hydrogen) atoms. The van der Waals surface area contributed by atoms with E-state index in [4.69, 9.17) is 0 Å². The summed E-state index contributed by atoms with van der Waals surface area (Å²) < 4.78 is 1.13. The minimum atomic E-state index is -0.751. The van der Waals surface area contributed by atoms with Crippen molar-refractivity contribution in [1.82, 2.24) is 9.38 Å². The second-order valence-corrected chi connectivity index (χ2v) is 5.12. The molecule has 2 N–H and O–H groups in total. The highest BCUT2D eigenvalue weighted by atomic mass is 16.6. The number of hydrogen-bond donors (Lipinski definition) is 2. The van der Waals surface area contributed by atoms with Gasteiger partial charge in [0.2, 0.25) is 5.82 Å². The van der Waals surface area contributed by atoms with Crippen LogP contribution in [0.3, 0.4) is 0 Å². The lowest BCUT2D eigenvalue weighted by Gasteiger charge is -2.22. The molecule has 2 heterocycles. The van der Waals surface area contributed by atoms with Crippen molar-refractivity contribution in [1.29, 1.82) is 0 Å². The SMILES string of the molecule is CC[C@@H](C)[C@@H](CO)Nc1nc2ccccn2c(=O)c1[N+](=O)[O-]. The van der Waals surface area contributed by atoms with E-state index in [0.717, 1.165) is 10.8 Å². The van der Waals surface area contributed by atoms with E-state index >= 15 is 0 Å². The molecule has 0 saturated heterocycles. The lowest BCUT2D eigenvalue weighted by atomic mass is 10.00. The highest BCUT2D eigenvalue weighted by Crippen LogP contribution is 2.21. The fourth-order valence-electron chi connectivity index (χ4n) is 2.17. The molecule has 0 aliphatic rings. The Bertz CT molecular complexity index is 743. The quantitative estimate of drug-likeness (QED) is 0.617. The number of aliphatic hydroxyl groups is 1. The number of anilines is 1. The zero-order valence-electron chi connectivity index (χ0n) is 12.4. The van der Waals surface area contributed by atoms with Crippen LogP contribution in [-0.2, 0) is 0 Å². The molecule has 2 aromatic heterocycles. The second kappa shape index (κ2) is 6.52. The molecule has 0 spiro atoms. The Morgan fingerprint density at radius 1 is 1.50 bits per heavy atom. The maximum absolute atomic E-state index is 12.3. The highest BCUT2D eigenvalue weighted by molar-refractivity contribution is 5.60. The standard InChI is InChI=1S/C14H18N4O4/c1-3-9(2)10(8-19)15-13-12(18(21)22)14(20)17-7-5-4-6-11(17)16-13/h4-7,9-10,15,19H,3,8H2,1-2H3/t9-,10-/m1/s1. The molecule has 0 bridgehead atoms. The Labute approximate surface area is 126 Å².